The molecule has 0 aliphatic heterocycles. The number of aliphatic hydroxyl groups is 1. The number of anilines is 1. The van der Waals surface area contributed by atoms with Crippen molar-refractivity contribution in [3.8, 4) is 5.75 Å². The Labute approximate surface area is 75.9 Å². The molecule has 3 N–H and O–H groups in total. The molecule has 1 aromatic rings. The van der Waals surface area contributed by atoms with Crippen LogP contribution in [0.3, 0.4) is 0 Å². The largest absolute Gasteiger partial charge is 0.489 e. The van der Waals surface area contributed by atoms with Crippen LogP contribution < -0.4 is 10.5 Å². The highest BCUT2D eigenvalue weighted by atomic mass is 19.1. The number of benzene rings is 1. The number of hydrogen-bond acceptors (Lipinski definition) is 3. The summed E-state index contributed by atoms with van der Waals surface area (Å²) in [5.74, 6) is 0.0572. The van der Waals surface area contributed by atoms with Crippen molar-refractivity contribution in [2.45, 2.75) is 6.92 Å². The first-order valence-electron chi connectivity index (χ1n) is 3.94. The van der Waals surface area contributed by atoms with Crippen LogP contribution in [0.25, 0.3) is 0 Å². The lowest BCUT2D eigenvalue weighted by Crippen LogP contribution is -2.04. The van der Waals surface area contributed by atoms with E-state index >= 15 is 0 Å². The van der Waals surface area contributed by atoms with E-state index in [4.69, 9.17) is 15.6 Å². The van der Waals surface area contributed by atoms with E-state index in [1.54, 1.807) is 6.92 Å². The standard InChI is InChI=1S/C9H12FNO2/c1-6-4-9(13-3-2-12)8(11)5-7(6)10/h4-5,12H,2-3,11H2,1H3. The number of nitrogens with two attached hydrogens (primary N) is 1. The van der Waals surface area contributed by atoms with Gasteiger partial charge in [-0.2, -0.15) is 0 Å². The minimum Gasteiger partial charge on any atom is -0.489 e. The van der Waals surface area contributed by atoms with Gasteiger partial charge in [0.05, 0.1) is 12.3 Å². The van der Waals surface area contributed by atoms with Crippen molar-refractivity contribution in [2.75, 3.05) is 18.9 Å². The Kier molecular flexibility index (Phi) is 3.08. The highest BCUT2D eigenvalue weighted by Crippen LogP contribution is 2.24. The van der Waals surface area contributed by atoms with Gasteiger partial charge in [-0.1, -0.05) is 0 Å². The summed E-state index contributed by atoms with van der Waals surface area (Å²) in [5.41, 5.74) is 6.21. The van der Waals surface area contributed by atoms with E-state index in [0.717, 1.165) is 0 Å². The fourth-order valence-electron chi connectivity index (χ4n) is 0.951. The van der Waals surface area contributed by atoms with E-state index in [9.17, 15) is 4.39 Å². The molecule has 1 rings (SSSR count). The van der Waals surface area contributed by atoms with Gasteiger partial charge in [0.1, 0.15) is 18.2 Å². The number of rotatable bonds is 3. The molecule has 0 radical (unpaired) electrons. The smallest absolute Gasteiger partial charge is 0.142 e. The molecule has 0 unspecified atom stereocenters. The van der Waals surface area contributed by atoms with Crippen LogP contribution in [-0.4, -0.2) is 18.3 Å². The first kappa shape index (κ1) is 9.80. The normalized spacial score (nSPS) is 10.1. The third kappa shape index (κ3) is 2.32. The Balaban J connectivity index is 2.88. The number of aliphatic hydroxyl groups excluding tert-OH is 1. The second-order valence-corrected chi connectivity index (χ2v) is 2.71. The van der Waals surface area contributed by atoms with Crippen LogP contribution in [0.15, 0.2) is 12.1 Å². The fourth-order valence-corrected chi connectivity index (χ4v) is 0.951. The maximum atomic E-state index is 12.9. The van der Waals surface area contributed by atoms with Crippen molar-refractivity contribution < 1.29 is 14.2 Å². The lowest BCUT2D eigenvalue weighted by atomic mass is 10.2. The average Bonchev–Trinajstić information content (AvgIpc) is 2.09. The molecule has 0 aliphatic rings. The molecule has 72 valence electrons. The summed E-state index contributed by atoms with van der Waals surface area (Å²) in [6, 6.07) is 2.72. The quantitative estimate of drug-likeness (QED) is 0.693. The van der Waals surface area contributed by atoms with Gasteiger partial charge in [0.25, 0.3) is 0 Å². The first-order valence-corrected chi connectivity index (χ1v) is 3.94. The van der Waals surface area contributed by atoms with E-state index < -0.39 is 0 Å². The predicted molar refractivity (Wildman–Crippen MR) is 48.1 cm³/mol. The van der Waals surface area contributed by atoms with Gasteiger partial charge >= 0.3 is 0 Å². The molecule has 0 fully saturated rings. The highest BCUT2D eigenvalue weighted by molar-refractivity contribution is 5.54. The van der Waals surface area contributed by atoms with E-state index in [1.165, 1.54) is 12.1 Å². The summed E-state index contributed by atoms with van der Waals surface area (Å²) in [5, 5.41) is 8.50. The van der Waals surface area contributed by atoms with Crippen LogP contribution in [0.4, 0.5) is 10.1 Å². The summed E-state index contributed by atoms with van der Waals surface area (Å²) < 4.78 is 18.0. The second-order valence-electron chi connectivity index (χ2n) is 2.71. The van der Waals surface area contributed by atoms with Crippen molar-refractivity contribution >= 4 is 5.69 Å². The van der Waals surface area contributed by atoms with Crippen molar-refractivity contribution in [3.05, 3.63) is 23.5 Å². The summed E-state index contributed by atoms with van der Waals surface area (Å²) in [4.78, 5) is 0. The molecule has 3 nitrogen and oxygen atoms in total. The highest BCUT2D eigenvalue weighted by Gasteiger charge is 2.04. The molecule has 0 amide bonds. The van der Waals surface area contributed by atoms with E-state index in [1.807, 2.05) is 0 Å². The van der Waals surface area contributed by atoms with Gasteiger partial charge in [-0.3, -0.25) is 0 Å². The fraction of sp³-hybridized carbons (Fsp3) is 0.333. The third-order valence-corrected chi connectivity index (χ3v) is 1.64. The number of ether oxygens (including phenoxy) is 1. The number of aryl methyl sites for hydroxylation is 1. The number of hydrogen-bond donors (Lipinski definition) is 2. The van der Waals surface area contributed by atoms with Crippen molar-refractivity contribution in [1.82, 2.24) is 0 Å². The van der Waals surface area contributed by atoms with Gasteiger partial charge in [0.15, 0.2) is 0 Å². The molecule has 0 aromatic heterocycles. The SMILES string of the molecule is Cc1cc(OCCO)c(N)cc1F. The number of nitrogen functional groups attached to an aromatic ring is 1. The zero-order valence-corrected chi connectivity index (χ0v) is 7.38. The van der Waals surface area contributed by atoms with Crippen molar-refractivity contribution in [3.63, 3.8) is 0 Å². The van der Waals surface area contributed by atoms with Gasteiger partial charge in [0, 0.05) is 6.07 Å². The summed E-state index contributed by atoms with van der Waals surface area (Å²) >= 11 is 0. The maximum absolute atomic E-state index is 12.9. The lowest BCUT2D eigenvalue weighted by Gasteiger charge is -2.08. The Morgan fingerprint density at radius 2 is 2.23 bits per heavy atom. The van der Waals surface area contributed by atoms with Crippen LogP contribution in [0, 0.1) is 12.7 Å². The Morgan fingerprint density at radius 3 is 2.85 bits per heavy atom. The molecule has 0 spiro atoms. The van der Waals surface area contributed by atoms with Crippen LogP contribution in [0.5, 0.6) is 5.75 Å². The van der Waals surface area contributed by atoms with E-state index in [0.29, 0.717) is 11.3 Å². The van der Waals surface area contributed by atoms with E-state index in [2.05, 4.69) is 0 Å². The molecule has 4 heteroatoms. The average molecular weight is 185 g/mol. The molecule has 0 aliphatic carbocycles. The van der Waals surface area contributed by atoms with Gasteiger partial charge in [-0.15, -0.1) is 0 Å². The zero-order valence-electron chi connectivity index (χ0n) is 7.38. The van der Waals surface area contributed by atoms with Crippen LogP contribution in [0.2, 0.25) is 0 Å². The summed E-state index contributed by atoms with van der Waals surface area (Å²) in [7, 11) is 0. The first-order chi connectivity index (χ1) is 6.15. The van der Waals surface area contributed by atoms with E-state index in [-0.39, 0.29) is 24.7 Å². The topological polar surface area (TPSA) is 55.5 Å². The molecular weight excluding hydrogens is 173 g/mol. The maximum Gasteiger partial charge on any atom is 0.142 e. The Morgan fingerprint density at radius 1 is 1.54 bits per heavy atom. The van der Waals surface area contributed by atoms with Gasteiger partial charge in [-0.05, 0) is 18.6 Å². The predicted octanol–water partition coefficient (Wildman–Crippen LogP) is 1.09. The lowest BCUT2D eigenvalue weighted by molar-refractivity contribution is 0.202. The molecule has 0 heterocycles. The molecule has 1 aromatic carbocycles. The van der Waals surface area contributed by atoms with Crippen molar-refractivity contribution in [1.29, 1.82) is 0 Å². The molecule has 13 heavy (non-hydrogen) atoms. The van der Waals surface area contributed by atoms with Crippen molar-refractivity contribution in [2.24, 2.45) is 0 Å². The Bertz CT molecular complexity index is 302. The van der Waals surface area contributed by atoms with Gasteiger partial charge in [-0.25, -0.2) is 4.39 Å². The molecule has 0 atom stereocenters. The minimum absolute atomic E-state index is 0.0874. The zero-order chi connectivity index (χ0) is 9.84. The molecule has 0 saturated heterocycles. The molecular formula is C9H12FNO2. The Hall–Kier alpha value is -1.29. The molecule has 0 saturated carbocycles. The summed E-state index contributed by atoms with van der Waals surface area (Å²) in [6.07, 6.45) is 0. The summed E-state index contributed by atoms with van der Waals surface area (Å²) in [6.45, 7) is 1.70. The second kappa shape index (κ2) is 4.09. The minimum atomic E-state index is -0.353. The third-order valence-electron chi connectivity index (χ3n) is 1.64. The van der Waals surface area contributed by atoms with Crippen LogP contribution >= 0.6 is 0 Å². The monoisotopic (exact) mass is 185 g/mol. The van der Waals surface area contributed by atoms with Crippen LogP contribution in [-0.2, 0) is 0 Å². The molecule has 0 bridgehead atoms. The van der Waals surface area contributed by atoms with Gasteiger partial charge < -0.3 is 15.6 Å². The number of halogens is 1. The van der Waals surface area contributed by atoms with Crippen LogP contribution in [0.1, 0.15) is 5.56 Å². The van der Waals surface area contributed by atoms with Gasteiger partial charge in [0.2, 0.25) is 0 Å².